The second-order valence-electron chi connectivity index (χ2n) is 8.81. The zero-order chi connectivity index (χ0) is 21.7. The fourth-order valence-electron chi connectivity index (χ4n) is 4.34. The van der Waals surface area contributed by atoms with Crippen molar-refractivity contribution in [1.29, 1.82) is 0 Å². The Balaban J connectivity index is 1.42. The standard InChI is InChI=1S/C30H38O/c1-3-5-6-9-25-12-18-28(19-13-25)29-20-14-26(15-21-29)10-7-8-11-27-16-22-30(23-17-27)31-24-4-2/h7,10,12-13,16-19,22-23,26,29H,3-6,9,14-15,20-21,24H2,1-2H3/b10-7+/t26-,29-. The number of rotatable bonds is 9. The molecular weight excluding hydrogens is 376 g/mol. The van der Waals surface area contributed by atoms with Crippen molar-refractivity contribution in [2.75, 3.05) is 6.61 Å². The van der Waals surface area contributed by atoms with E-state index in [0.29, 0.717) is 5.92 Å². The van der Waals surface area contributed by atoms with E-state index in [1.54, 1.807) is 0 Å². The van der Waals surface area contributed by atoms with Crippen LogP contribution >= 0.6 is 0 Å². The van der Waals surface area contributed by atoms with Crippen LogP contribution in [-0.4, -0.2) is 6.61 Å². The average molecular weight is 415 g/mol. The molecule has 1 aliphatic carbocycles. The van der Waals surface area contributed by atoms with Crippen molar-refractivity contribution in [3.63, 3.8) is 0 Å². The van der Waals surface area contributed by atoms with E-state index >= 15 is 0 Å². The van der Waals surface area contributed by atoms with Crippen LogP contribution in [-0.2, 0) is 6.42 Å². The first-order valence-corrected chi connectivity index (χ1v) is 12.3. The highest BCUT2D eigenvalue weighted by Crippen LogP contribution is 2.36. The van der Waals surface area contributed by atoms with Gasteiger partial charge in [-0.2, -0.15) is 0 Å². The van der Waals surface area contributed by atoms with Gasteiger partial charge in [0.15, 0.2) is 0 Å². The molecule has 1 saturated carbocycles. The molecule has 0 spiro atoms. The summed E-state index contributed by atoms with van der Waals surface area (Å²) in [6, 6.07) is 17.5. The minimum absolute atomic E-state index is 0.670. The quantitative estimate of drug-likeness (QED) is 0.297. The average Bonchev–Trinajstić information content (AvgIpc) is 2.82. The molecule has 31 heavy (non-hydrogen) atoms. The Morgan fingerprint density at radius 2 is 1.61 bits per heavy atom. The molecule has 0 atom stereocenters. The highest BCUT2D eigenvalue weighted by Gasteiger charge is 2.20. The van der Waals surface area contributed by atoms with Gasteiger partial charge in [0.05, 0.1) is 6.61 Å². The monoisotopic (exact) mass is 414 g/mol. The number of hydrogen-bond acceptors (Lipinski definition) is 1. The molecule has 3 rings (SSSR count). The zero-order valence-electron chi connectivity index (χ0n) is 19.4. The number of hydrogen-bond donors (Lipinski definition) is 0. The molecule has 0 aromatic heterocycles. The maximum Gasteiger partial charge on any atom is 0.119 e. The Bertz CT molecular complexity index is 840. The molecule has 0 aliphatic heterocycles. The second kappa shape index (κ2) is 13.1. The Morgan fingerprint density at radius 1 is 0.871 bits per heavy atom. The van der Waals surface area contributed by atoms with Crippen LogP contribution in [0.2, 0.25) is 0 Å². The zero-order valence-corrected chi connectivity index (χ0v) is 19.4. The van der Waals surface area contributed by atoms with Gasteiger partial charge in [-0.25, -0.2) is 0 Å². The fourth-order valence-corrected chi connectivity index (χ4v) is 4.34. The second-order valence-corrected chi connectivity index (χ2v) is 8.81. The van der Waals surface area contributed by atoms with E-state index in [0.717, 1.165) is 30.3 Å². The van der Waals surface area contributed by atoms with Crippen LogP contribution < -0.4 is 4.74 Å². The molecule has 0 bridgehead atoms. The minimum atomic E-state index is 0.670. The van der Waals surface area contributed by atoms with Crippen LogP contribution in [0.3, 0.4) is 0 Å². The lowest BCUT2D eigenvalue weighted by Crippen LogP contribution is -2.11. The summed E-state index contributed by atoms with van der Waals surface area (Å²) in [4.78, 5) is 0. The van der Waals surface area contributed by atoms with Crippen molar-refractivity contribution >= 4 is 0 Å². The lowest BCUT2D eigenvalue weighted by atomic mass is 9.78. The maximum atomic E-state index is 5.62. The van der Waals surface area contributed by atoms with Gasteiger partial charge < -0.3 is 4.74 Å². The molecule has 2 aromatic carbocycles. The van der Waals surface area contributed by atoms with E-state index in [1.165, 1.54) is 62.5 Å². The molecule has 0 N–H and O–H groups in total. The first-order valence-electron chi connectivity index (χ1n) is 12.3. The highest BCUT2D eigenvalue weighted by atomic mass is 16.5. The molecule has 0 unspecified atom stereocenters. The Hall–Kier alpha value is -2.46. The van der Waals surface area contributed by atoms with Crippen LogP contribution in [0.4, 0.5) is 0 Å². The van der Waals surface area contributed by atoms with E-state index in [-0.39, 0.29) is 0 Å². The molecule has 2 aromatic rings. The largest absolute Gasteiger partial charge is 0.494 e. The van der Waals surface area contributed by atoms with Gasteiger partial charge in [-0.3, -0.25) is 0 Å². The number of allylic oxidation sites excluding steroid dienone is 2. The summed E-state index contributed by atoms with van der Waals surface area (Å²) in [7, 11) is 0. The van der Waals surface area contributed by atoms with Crippen molar-refractivity contribution in [2.45, 2.75) is 77.6 Å². The predicted molar refractivity (Wildman–Crippen MR) is 133 cm³/mol. The number of unbranched alkanes of at least 4 members (excludes halogenated alkanes) is 2. The summed E-state index contributed by atoms with van der Waals surface area (Å²) >= 11 is 0. The van der Waals surface area contributed by atoms with Gasteiger partial charge in [0.2, 0.25) is 0 Å². The summed E-state index contributed by atoms with van der Waals surface area (Å²) in [6.45, 7) is 5.15. The van der Waals surface area contributed by atoms with Gasteiger partial charge in [-0.1, -0.05) is 68.9 Å². The highest BCUT2D eigenvalue weighted by molar-refractivity contribution is 5.40. The van der Waals surface area contributed by atoms with Crippen LogP contribution in [0.5, 0.6) is 5.75 Å². The van der Waals surface area contributed by atoms with Crippen LogP contribution in [0.15, 0.2) is 60.7 Å². The van der Waals surface area contributed by atoms with Crippen molar-refractivity contribution in [3.8, 4) is 17.6 Å². The van der Waals surface area contributed by atoms with E-state index in [2.05, 4.69) is 62.1 Å². The van der Waals surface area contributed by atoms with E-state index in [4.69, 9.17) is 4.74 Å². The molecule has 0 saturated heterocycles. The van der Waals surface area contributed by atoms with E-state index < -0.39 is 0 Å². The molecule has 0 heterocycles. The first kappa shape index (κ1) is 23.2. The van der Waals surface area contributed by atoms with E-state index in [9.17, 15) is 0 Å². The minimum Gasteiger partial charge on any atom is -0.494 e. The third kappa shape index (κ3) is 7.95. The van der Waals surface area contributed by atoms with Crippen molar-refractivity contribution in [2.24, 2.45) is 5.92 Å². The van der Waals surface area contributed by atoms with Crippen molar-refractivity contribution in [1.82, 2.24) is 0 Å². The molecule has 1 nitrogen and oxygen atoms in total. The SMILES string of the molecule is CCCCCc1ccc([C@H]2CC[C@H](/C=C/C#Cc3ccc(OCCC)cc3)CC2)cc1. The van der Waals surface area contributed by atoms with Gasteiger partial charge in [-0.05, 0) is 98.2 Å². The molecule has 164 valence electrons. The summed E-state index contributed by atoms with van der Waals surface area (Å²) < 4.78 is 5.62. The van der Waals surface area contributed by atoms with Gasteiger partial charge in [-0.15, -0.1) is 0 Å². The molecule has 0 amide bonds. The Kier molecular flexibility index (Phi) is 9.78. The lowest BCUT2D eigenvalue weighted by Gasteiger charge is -2.27. The maximum absolute atomic E-state index is 5.62. The van der Waals surface area contributed by atoms with Crippen LogP contribution in [0.1, 0.15) is 87.8 Å². The van der Waals surface area contributed by atoms with Gasteiger partial charge in [0.1, 0.15) is 5.75 Å². The lowest BCUT2D eigenvalue weighted by molar-refractivity contribution is 0.317. The summed E-state index contributed by atoms with van der Waals surface area (Å²) in [6.07, 6.45) is 15.7. The van der Waals surface area contributed by atoms with Crippen molar-refractivity contribution < 1.29 is 4.74 Å². The normalized spacial score (nSPS) is 18.5. The Morgan fingerprint density at radius 3 is 2.29 bits per heavy atom. The molecule has 1 fully saturated rings. The first-order chi connectivity index (χ1) is 15.3. The third-order valence-electron chi connectivity index (χ3n) is 6.29. The molecule has 1 heteroatoms. The summed E-state index contributed by atoms with van der Waals surface area (Å²) in [5.41, 5.74) is 4.07. The topological polar surface area (TPSA) is 9.23 Å². The summed E-state index contributed by atoms with van der Waals surface area (Å²) in [5.74, 6) is 8.77. The van der Waals surface area contributed by atoms with Crippen LogP contribution in [0.25, 0.3) is 0 Å². The Labute approximate surface area is 189 Å². The van der Waals surface area contributed by atoms with Gasteiger partial charge in [0.25, 0.3) is 0 Å². The van der Waals surface area contributed by atoms with Crippen molar-refractivity contribution in [3.05, 3.63) is 77.4 Å². The van der Waals surface area contributed by atoms with Gasteiger partial charge >= 0.3 is 0 Å². The molecule has 1 aliphatic rings. The van der Waals surface area contributed by atoms with E-state index in [1.807, 2.05) is 24.3 Å². The van der Waals surface area contributed by atoms with Crippen LogP contribution in [0, 0.1) is 17.8 Å². The number of ether oxygens (including phenoxy) is 1. The molecule has 0 radical (unpaired) electrons. The molecular formula is C30H38O. The predicted octanol–water partition coefficient (Wildman–Crippen LogP) is 8.09. The number of aryl methyl sites for hydroxylation is 1. The number of benzene rings is 2. The third-order valence-corrected chi connectivity index (χ3v) is 6.29. The summed E-state index contributed by atoms with van der Waals surface area (Å²) in [5, 5.41) is 0. The fraction of sp³-hybridized carbons (Fsp3) is 0.467. The van der Waals surface area contributed by atoms with Gasteiger partial charge in [0, 0.05) is 5.56 Å². The smallest absolute Gasteiger partial charge is 0.119 e.